The van der Waals surface area contributed by atoms with Crippen LogP contribution < -0.4 is 15.6 Å². The number of methoxy groups -OCH3 is 1. The average Bonchev–Trinajstić information content (AvgIpc) is 2.66. The minimum absolute atomic E-state index is 0.242. The molecule has 1 aromatic carbocycles. The molecule has 0 amide bonds. The molecule has 0 aliphatic rings. The van der Waals surface area contributed by atoms with Crippen LogP contribution in [0.25, 0.3) is 0 Å². The van der Waals surface area contributed by atoms with E-state index in [-0.39, 0.29) is 11.1 Å². The molecule has 26 heavy (non-hydrogen) atoms. The van der Waals surface area contributed by atoms with Crippen molar-refractivity contribution < 1.29 is 14.7 Å². The summed E-state index contributed by atoms with van der Waals surface area (Å²) in [6.07, 6.45) is 3.61. The van der Waals surface area contributed by atoms with Gasteiger partial charge in [0.1, 0.15) is 5.75 Å². The smallest absolute Gasteiger partial charge is 0.278 e. The molecule has 0 bridgehead atoms. The summed E-state index contributed by atoms with van der Waals surface area (Å²) in [5.74, 6) is 0.743. The second kappa shape index (κ2) is 10.2. The van der Waals surface area contributed by atoms with E-state index < -0.39 is 0 Å². The molecule has 0 radical (unpaired) electrons. The first kappa shape index (κ1) is 19.5. The highest BCUT2D eigenvalue weighted by molar-refractivity contribution is 5.86. The lowest BCUT2D eigenvalue weighted by atomic mass is 10.2. The van der Waals surface area contributed by atoms with E-state index in [9.17, 15) is 4.79 Å². The second-order valence-corrected chi connectivity index (χ2v) is 5.57. The number of oxime groups is 1. The van der Waals surface area contributed by atoms with Crippen LogP contribution in [-0.4, -0.2) is 48.1 Å². The van der Waals surface area contributed by atoms with Gasteiger partial charge in [-0.3, -0.25) is 4.79 Å². The van der Waals surface area contributed by atoms with Crippen LogP contribution in [0.2, 0.25) is 0 Å². The van der Waals surface area contributed by atoms with E-state index in [0.717, 1.165) is 23.9 Å². The first-order valence-electron chi connectivity index (χ1n) is 8.41. The standard InChI is InChI=1S/C18H24N4O4/c1-3-9-26-10-8-19-17-12-20-22(18(23)16(17)11-21-24)13-14-4-6-15(25-2)7-5-14/h4-7,11-12,19,24H,3,8-10,13H2,1-2H3/b21-11+. The predicted octanol–water partition coefficient (Wildman–Crippen LogP) is 1.95. The van der Waals surface area contributed by atoms with Gasteiger partial charge in [0.15, 0.2) is 0 Å². The molecule has 0 spiro atoms. The lowest BCUT2D eigenvalue weighted by molar-refractivity contribution is 0.144. The van der Waals surface area contributed by atoms with Gasteiger partial charge >= 0.3 is 0 Å². The van der Waals surface area contributed by atoms with E-state index in [1.807, 2.05) is 31.2 Å². The van der Waals surface area contributed by atoms with Crippen molar-refractivity contribution in [3.8, 4) is 5.75 Å². The van der Waals surface area contributed by atoms with Crippen LogP contribution in [0.3, 0.4) is 0 Å². The first-order chi connectivity index (χ1) is 12.7. The molecule has 0 aliphatic carbocycles. The molecule has 2 aromatic rings. The SMILES string of the molecule is CCCOCCNc1cnn(Cc2ccc(OC)cc2)c(=O)c1/C=N/O. The fraction of sp³-hybridized carbons (Fsp3) is 0.389. The highest BCUT2D eigenvalue weighted by Gasteiger charge is 2.10. The summed E-state index contributed by atoms with van der Waals surface area (Å²) < 4.78 is 11.8. The first-order valence-corrected chi connectivity index (χ1v) is 8.41. The summed E-state index contributed by atoms with van der Waals surface area (Å²) in [6.45, 7) is 4.06. The van der Waals surface area contributed by atoms with Gasteiger partial charge in [-0.15, -0.1) is 0 Å². The maximum atomic E-state index is 12.6. The Morgan fingerprint density at radius 3 is 2.73 bits per heavy atom. The van der Waals surface area contributed by atoms with Crippen molar-refractivity contribution in [1.29, 1.82) is 0 Å². The van der Waals surface area contributed by atoms with E-state index in [2.05, 4.69) is 15.6 Å². The van der Waals surface area contributed by atoms with Crippen LogP contribution in [0.4, 0.5) is 5.69 Å². The fourth-order valence-electron chi connectivity index (χ4n) is 2.35. The molecule has 0 saturated carbocycles. The third-order valence-corrected chi connectivity index (χ3v) is 3.67. The Morgan fingerprint density at radius 1 is 1.31 bits per heavy atom. The van der Waals surface area contributed by atoms with Crippen LogP contribution >= 0.6 is 0 Å². The Balaban J connectivity index is 2.15. The summed E-state index contributed by atoms with van der Waals surface area (Å²) >= 11 is 0. The predicted molar refractivity (Wildman–Crippen MR) is 99.6 cm³/mol. The van der Waals surface area contributed by atoms with Gasteiger partial charge in [0.2, 0.25) is 0 Å². The Hall–Kier alpha value is -2.87. The van der Waals surface area contributed by atoms with Gasteiger partial charge in [-0.25, -0.2) is 4.68 Å². The van der Waals surface area contributed by atoms with Crippen molar-refractivity contribution in [3.63, 3.8) is 0 Å². The summed E-state index contributed by atoms with van der Waals surface area (Å²) in [7, 11) is 1.60. The number of ether oxygens (including phenoxy) is 2. The summed E-state index contributed by atoms with van der Waals surface area (Å²) in [6, 6.07) is 7.37. The molecule has 0 fully saturated rings. The summed E-state index contributed by atoms with van der Waals surface area (Å²) in [4.78, 5) is 12.6. The molecule has 8 heteroatoms. The van der Waals surface area contributed by atoms with Crippen molar-refractivity contribution in [2.24, 2.45) is 5.16 Å². The molecule has 0 aliphatic heterocycles. The Morgan fingerprint density at radius 2 is 2.08 bits per heavy atom. The highest BCUT2D eigenvalue weighted by Crippen LogP contribution is 2.12. The summed E-state index contributed by atoms with van der Waals surface area (Å²) in [5.41, 5.74) is 1.30. The van der Waals surface area contributed by atoms with Crippen molar-refractivity contribution in [3.05, 3.63) is 51.9 Å². The quantitative estimate of drug-likeness (QED) is 0.291. The van der Waals surface area contributed by atoms with E-state index in [0.29, 0.717) is 32.0 Å². The second-order valence-electron chi connectivity index (χ2n) is 5.57. The molecule has 0 unspecified atom stereocenters. The molecule has 140 valence electrons. The number of anilines is 1. The normalized spacial score (nSPS) is 11.0. The van der Waals surface area contributed by atoms with Gasteiger partial charge in [-0.2, -0.15) is 5.10 Å². The molecule has 0 atom stereocenters. The van der Waals surface area contributed by atoms with Crippen LogP contribution in [-0.2, 0) is 11.3 Å². The van der Waals surface area contributed by atoms with Gasteiger partial charge in [-0.05, 0) is 24.1 Å². The number of nitrogens with zero attached hydrogens (tertiary/aromatic N) is 3. The number of hydrogen-bond donors (Lipinski definition) is 2. The molecule has 1 aromatic heterocycles. The number of benzene rings is 1. The van der Waals surface area contributed by atoms with E-state index in [1.165, 1.54) is 4.68 Å². The van der Waals surface area contributed by atoms with Crippen molar-refractivity contribution in [2.45, 2.75) is 19.9 Å². The lowest BCUT2D eigenvalue weighted by Crippen LogP contribution is -2.28. The van der Waals surface area contributed by atoms with Gasteiger partial charge < -0.3 is 20.0 Å². The Kier molecular flexibility index (Phi) is 7.63. The molecule has 2 N–H and O–H groups in total. The van der Waals surface area contributed by atoms with Crippen molar-refractivity contribution >= 4 is 11.9 Å². The van der Waals surface area contributed by atoms with Gasteiger partial charge in [-0.1, -0.05) is 24.2 Å². The minimum atomic E-state index is -0.349. The zero-order valence-electron chi connectivity index (χ0n) is 15.0. The third kappa shape index (κ3) is 5.32. The van der Waals surface area contributed by atoms with Gasteiger partial charge in [0.25, 0.3) is 5.56 Å². The molecule has 2 rings (SSSR count). The summed E-state index contributed by atoms with van der Waals surface area (Å²) in [5, 5.41) is 19.2. The number of hydrogen-bond acceptors (Lipinski definition) is 7. The lowest BCUT2D eigenvalue weighted by Gasteiger charge is -2.12. The number of aromatic nitrogens is 2. The van der Waals surface area contributed by atoms with Crippen LogP contribution in [0.5, 0.6) is 5.75 Å². The molecule has 1 heterocycles. The monoisotopic (exact) mass is 360 g/mol. The topological polar surface area (TPSA) is 98.0 Å². The average molecular weight is 360 g/mol. The Labute approximate surface area is 152 Å². The Bertz CT molecular complexity index is 772. The largest absolute Gasteiger partial charge is 0.497 e. The van der Waals surface area contributed by atoms with E-state index >= 15 is 0 Å². The van der Waals surface area contributed by atoms with Gasteiger partial charge in [0.05, 0.1) is 43.9 Å². The molecular weight excluding hydrogens is 336 g/mol. The van der Waals surface area contributed by atoms with Crippen LogP contribution in [0.1, 0.15) is 24.5 Å². The third-order valence-electron chi connectivity index (χ3n) is 3.67. The van der Waals surface area contributed by atoms with E-state index in [4.69, 9.17) is 14.7 Å². The number of nitrogens with one attached hydrogen (secondary N) is 1. The van der Waals surface area contributed by atoms with Gasteiger partial charge in [0, 0.05) is 13.2 Å². The van der Waals surface area contributed by atoms with E-state index in [1.54, 1.807) is 13.3 Å². The molecular formula is C18H24N4O4. The molecule has 0 saturated heterocycles. The maximum absolute atomic E-state index is 12.6. The fourth-order valence-corrected chi connectivity index (χ4v) is 2.35. The zero-order valence-corrected chi connectivity index (χ0v) is 15.0. The number of rotatable bonds is 10. The van der Waals surface area contributed by atoms with Crippen LogP contribution in [0.15, 0.2) is 40.4 Å². The maximum Gasteiger partial charge on any atom is 0.278 e. The minimum Gasteiger partial charge on any atom is -0.497 e. The highest BCUT2D eigenvalue weighted by atomic mass is 16.5. The zero-order chi connectivity index (χ0) is 18.8. The van der Waals surface area contributed by atoms with Crippen molar-refractivity contribution in [1.82, 2.24) is 9.78 Å². The van der Waals surface area contributed by atoms with Crippen molar-refractivity contribution in [2.75, 3.05) is 32.2 Å². The molecule has 8 nitrogen and oxygen atoms in total. The van der Waals surface area contributed by atoms with Crippen LogP contribution in [0, 0.1) is 0 Å².